The Morgan fingerprint density at radius 1 is 1.20 bits per heavy atom. The molecule has 1 heterocycles. The largest absolute Gasteiger partial charge is 0.444 e. The first kappa shape index (κ1) is 19.8. The zero-order valence-electron chi connectivity index (χ0n) is 16.8. The molecule has 1 aliphatic rings. The van der Waals surface area contributed by atoms with Crippen LogP contribution in [0.4, 0.5) is 4.79 Å². The van der Waals surface area contributed by atoms with Crippen LogP contribution in [0.2, 0.25) is 0 Å². The number of fused-ring (bicyclic) bond motifs is 1. The minimum atomic E-state index is -0.455. The Kier molecular flexibility index (Phi) is 6.50. The maximum Gasteiger partial charge on any atom is 0.410 e. The van der Waals surface area contributed by atoms with Crippen molar-refractivity contribution in [2.24, 2.45) is 0 Å². The third kappa shape index (κ3) is 5.21. The van der Waals surface area contributed by atoms with Crippen molar-refractivity contribution in [2.45, 2.75) is 79.1 Å². The molecular weight excluding hydrogens is 312 g/mol. The summed E-state index contributed by atoms with van der Waals surface area (Å²) in [5.74, 6) is 0. The van der Waals surface area contributed by atoms with Crippen LogP contribution in [0.15, 0.2) is 18.2 Å². The van der Waals surface area contributed by atoms with Crippen LogP contribution in [0.5, 0.6) is 0 Å². The molecule has 1 atom stereocenters. The molecule has 0 aromatic heterocycles. The fraction of sp³-hybridized carbons (Fsp3) is 0.667. The lowest BCUT2D eigenvalue weighted by molar-refractivity contribution is 0.0115. The number of nitrogens with zero attached hydrogens (tertiary/aromatic N) is 2. The molecule has 140 valence electrons. The van der Waals surface area contributed by atoms with E-state index < -0.39 is 5.60 Å². The minimum absolute atomic E-state index is 0.197. The van der Waals surface area contributed by atoms with E-state index in [1.807, 2.05) is 25.7 Å². The van der Waals surface area contributed by atoms with Crippen molar-refractivity contribution < 1.29 is 9.53 Å². The van der Waals surface area contributed by atoms with Gasteiger partial charge in [0, 0.05) is 19.1 Å². The van der Waals surface area contributed by atoms with Crippen molar-refractivity contribution in [3.8, 4) is 0 Å². The van der Waals surface area contributed by atoms with Crippen LogP contribution in [-0.4, -0.2) is 40.6 Å². The highest BCUT2D eigenvalue weighted by Gasteiger charge is 2.31. The molecule has 0 N–H and O–H groups in total. The van der Waals surface area contributed by atoms with E-state index in [2.05, 4.69) is 43.9 Å². The van der Waals surface area contributed by atoms with Crippen LogP contribution in [0.3, 0.4) is 0 Å². The van der Waals surface area contributed by atoms with Gasteiger partial charge < -0.3 is 9.64 Å². The highest BCUT2D eigenvalue weighted by Crippen LogP contribution is 2.28. The quantitative estimate of drug-likeness (QED) is 0.781. The zero-order chi connectivity index (χ0) is 18.6. The summed E-state index contributed by atoms with van der Waals surface area (Å²) >= 11 is 0. The molecule has 1 unspecified atom stereocenters. The number of benzene rings is 1. The molecule has 1 amide bonds. The molecule has 2 rings (SSSR count). The topological polar surface area (TPSA) is 32.8 Å². The third-order valence-electron chi connectivity index (χ3n) is 4.91. The van der Waals surface area contributed by atoms with Crippen LogP contribution in [0.1, 0.15) is 64.7 Å². The summed E-state index contributed by atoms with van der Waals surface area (Å²) < 4.78 is 5.61. The maximum absolute atomic E-state index is 12.6. The second kappa shape index (κ2) is 8.22. The number of carbonyl (C=O) groups excluding carboxylic acids is 1. The van der Waals surface area contributed by atoms with Gasteiger partial charge in [0.2, 0.25) is 0 Å². The molecule has 1 aromatic rings. The highest BCUT2D eigenvalue weighted by molar-refractivity contribution is 5.69. The molecule has 4 heteroatoms. The molecule has 1 aliphatic heterocycles. The average molecular weight is 347 g/mol. The van der Waals surface area contributed by atoms with Gasteiger partial charge in [-0.05, 0) is 63.4 Å². The molecule has 0 saturated carbocycles. The van der Waals surface area contributed by atoms with Gasteiger partial charge in [-0.15, -0.1) is 0 Å². The lowest BCUT2D eigenvalue weighted by atomic mass is 9.91. The molecule has 0 radical (unpaired) electrons. The van der Waals surface area contributed by atoms with Crippen LogP contribution in [-0.2, 0) is 24.2 Å². The van der Waals surface area contributed by atoms with Crippen molar-refractivity contribution in [1.82, 2.24) is 9.80 Å². The summed E-state index contributed by atoms with van der Waals surface area (Å²) in [6.07, 6.45) is 1.66. The van der Waals surface area contributed by atoms with Crippen LogP contribution < -0.4 is 0 Å². The van der Waals surface area contributed by atoms with E-state index >= 15 is 0 Å². The number of ether oxygens (including phenoxy) is 1. The summed E-state index contributed by atoms with van der Waals surface area (Å²) in [6, 6.07) is 6.95. The number of carbonyl (C=O) groups is 1. The van der Waals surface area contributed by atoms with Gasteiger partial charge in [0.05, 0.1) is 0 Å². The minimum Gasteiger partial charge on any atom is -0.444 e. The molecule has 0 spiro atoms. The Labute approximate surface area is 153 Å². The van der Waals surface area contributed by atoms with Gasteiger partial charge in [-0.1, -0.05) is 39.0 Å². The number of hydrogen-bond acceptors (Lipinski definition) is 3. The predicted molar refractivity (Wildman–Crippen MR) is 103 cm³/mol. The monoisotopic (exact) mass is 346 g/mol. The number of hydrogen-bond donors (Lipinski definition) is 0. The molecule has 4 nitrogen and oxygen atoms in total. The van der Waals surface area contributed by atoms with Gasteiger partial charge in [0.1, 0.15) is 5.60 Å². The van der Waals surface area contributed by atoms with Crippen molar-refractivity contribution in [2.75, 3.05) is 13.1 Å². The standard InChI is InChI=1S/C21H34N2O2/c1-7-19-13-18-12-16(14-22(8-2)9-3)10-11-17(18)15-23(19)20(24)25-21(4,5)6/h10-12,19H,7-9,13-15H2,1-6H3. The van der Waals surface area contributed by atoms with E-state index in [0.29, 0.717) is 6.54 Å². The number of amides is 1. The van der Waals surface area contributed by atoms with Gasteiger partial charge in [-0.3, -0.25) is 4.90 Å². The van der Waals surface area contributed by atoms with Gasteiger partial charge in [-0.25, -0.2) is 4.79 Å². The van der Waals surface area contributed by atoms with E-state index in [9.17, 15) is 4.79 Å². The van der Waals surface area contributed by atoms with Crippen molar-refractivity contribution in [1.29, 1.82) is 0 Å². The Morgan fingerprint density at radius 2 is 1.88 bits per heavy atom. The molecule has 0 saturated heterocycles. The third-order valence-corrected chi connectivity index (χ3v) is 4.91. The molecule has 0 bridgehead atoms. The molecule has 0 aliphatic carbocycles. The Hall–Kier alpha value is -1.55. The summed E-state index contributed by atoms with van der Waals surface area (Å²) in [6.45, 7) is 16.1. The van der Waals surface area contributed by atoms with E-state index in [1.54, 1.807) is 0 Å². The Bertz CT molecular complexity index is 588. The van der Waals surface area contributed by atoms with Crippen LogP contribution in [0.25, 0.3) is 0 Å². The molecule has 25 heavy (non-hydrogen) atoms. The molecular formula is C21H34N2O2. The number of rotatable bonds is 5. The molecule has 0 fully saturated rings. The Morgan fingerprint density at radius 3 is 2.44 bits per heavy atom. The Balaban J connectivity index is 2.17. The fourth-order valence-electron chi connectivity index (χ4n) is 3.40. The van der Waals surface area contributed by atoms with Gasteiger partial charge >= 0.3 is 6.09 Å². The first-order chi connectivity index (χ1) is 11.8. The van der Waals surface area contributed by atoms with Crippen molar-refractivity contribution in [3.05, 3.63) is 34.9 Å². The van der Waals surface area contributed by atoms with Gasteiger partial charge in [0.25, 0.3) is 0 Å². The van der Waals surface area contributed by atoms with Crippen LogP contribution >= 0.6 is 0 Å². The summed E-state index contributed by atoms with van der Waals surface area (Å²) in [4.78, 5) is 16.9. The first-order valence-corrected chi connectivity index (χ1v) is 9.60. The van der Waals surface area contributed by atoms with E-state index in [4.69, 9.17) is 4.74 Å². The smallest absolute Gasteiger partial charge is 0.410 e. The van der Waals surface area contributed by atoms with Gasteiger partial charge in [-0.2, -0.15) is 0 Å². The fourth-order valence-corrected chi connectivity index (χ4v) is 3.40. The summed E-state index contributed by atoms with van der Waals surface area (Å²) in [5.41, 5.74) is 3.54. The SMILES string of the molecule is CCC1Cc2cc(CN(CC)CC)ccc2CN1C(=O)OC(C)(C)C. The first-order valence-electron chi connectivity index (χ1n) is 9.60. The summed E-state index contributed by atoms with van der Waals surface area (Å²) in [7, 11) is 0. The van der Waals surface area contributed by atoms with E-state index in [1.165, 1.54) is 16.7 Å². The van der Waals surface area contributed by atoms with Crippen molar-refractivity contribution >= 4 is 6.09 Å². The predicted octanol–water partition coefficient (Wildman–Crippen LogP) is 4.60. The highest BCUT2D eigenvalue weighted by atomic mass is 16.6. The lowest BCUT2D eigenvalue weighted by Gasteiger charge is -2.37. The van der Waals surface area contributed by atoms with Crippen molar-refractivity contribution in [3.63, 3.8) is 0 Å². The normalized spacial score (nSPS) is 17.6. The second-order valence-corrected chi connectivity index (χ2v) is 7.94. The van der Waals surface area contributed by atoms with E-state index in [0.717, 1.165) is 32.5 Å². The van der Waals surface area contributed by atoms with Gasteiger partial charge in [0.15, 0.2) is 0 Å². The second-order valence-electron chi connectivity index (χ2n) is 7.94. The van der Waals surface area contributed by atoms with Crippen LogP contribution in [0, 0.1) is 0 Å². The molecule has 1 aromatic carbocycles. The average Bonchev–Trinajstić information content (AvgIpc) is 2.56. The lowest BCUT2D eigenvalue weighted by Crippen LogP contribution is -2.46. The maximum atomic E-state index is 12.6. The summed E-state index contributed by atoms with van der Waals surface area (Å²) in [5, 5.41) is 0. The van der Waals surface area contributed by atoms with E-state index in [-0.39, 0.29) is 12.1 Å². The zero-order valence-corrected chi connectivity index (χ0v) is 16.8.